The number of aromatic nitrogens is 2. The number of hydrogen-bond donors (Lipinski definition) is 1. The maximum Gasteiger partial charge on any atom is 0.259 e. The van der Waals surface area contributed by atoms with Crippen molar-refractivity contribution in [1.29, 1.82) is 0 Å². The topological polar surface area (TPSA) is 79.7 Å². The molecule has 0 unspecified atom stereocenters. The van der Waals surface area contributed by atoms with Crippen LogP contribution in [-0.2, 0) is 4.79 Å². The average Bonchev–Trinajstić information content (AvgIpc) is 2.84. The molecular weight excluding hydrogens is 433 g/mol. The van der Waals surface area contributed by atoms with E-state index in [0.717, 1.165) is 22.4 Å². The highest BCUT2D eigenvalue weighted by Crippen LogP contribution is 2.34. The maximum absolute atomic E-state index is 13.5. The number of nitrogens with zero attached hydrogens (tertiary/aromatic N) is 4. The van der Waals surface area contributed by atoms with Crippen LogP contribution in [0.15, 0.2) is 72.0 Å². The van der Waals surface area contributed by atoms with Crippen molar-refractivity contribution >= 4 is 28.3 Å². The van der Waals surface area contributed by atoms with Crippen LogP contribution in [0.4, 0.5) is 10.2 Å². The van der Waals surface area contributed by atoms with Crippen LogP contribution in [0.3, 0.4) is 0 Å². The molecule has 0 fully saturated rings. The van der Waals surface area contributed by atoms with Crippen molar-refractivity contribution in [2.24, 2.45) is 4.99 Å². The number of fused-ring (bicyclic) bond motifs is 1. The smallest absolute Gasteiger partial charge is 0.259 e. The molecule has 0 saturated heterocycles. The van der Waals surface area contributed by atoms with E-state index >= 15 is 0 Å². The highest BCUT2D eigenvalue weighted by Gasteiger charge is 2.14. The zero-order valence-electron chi connectivity index (χ0n) is 19.8. The second-order valence-electron chi connectivity index (χ2n) is 7.89. The number of halogens is 1. The van der Waals surface area contributed by atoms with Crippen molar-refractivity contribution in [1.82, 2.24) is 14.9 Å². The highest BCUT2D eigenvalue weighted by atomic mass is 19.1. The van der Waals surface area contributed by atoms with Gasteiger partial charge in [-0.25, -0.2) is 14.4 Å². The molecule has 1 heterocycles. The Hall–Kier alpha value is -4.07. The van der Waals surface area contributed by atoms with Gasteiger partial charge in [-0.1, -0.05) is 24.8 Å². The molecule has 0 spiro atoms. The fourth-order valence-corrected chi connectivity index (χ4v) is 3.03. The van der Waals surface area contributed by atoms with Crippen LogP contribution >= 0.6 is 0 Å². The number of carbonyl (C=O) groups is 1. The minimum absolute atomic E-state index is 0.137. The second kappa shape index (κ2) is 11.2. The summed E-state index contributed by atoms with van der Waals surface area (Å²) in [6.45, 7) is 6.29. The fourth-order valence-electron chi connectivity index (χ4n) is 3.03. The van der Waals surface area contributed by atoms with Gasteiger partial charge < -0.3 is 15.0 Å². The lowest BCUT2D eigenvalue weighted by Crippen LogP contribution is -2.27. The van der Waals surface area contributed by atoms with E-state index < -0.39 is 0 Å². The van der Waals surface area contributed by atoms with Gasteiger partial charge in [-0.3, -0.25) is 9.79 Å². The van der Waals surface area contributed by atoms with E-state index in [0.29, 0.717) is 29.0 Å². The summed E-state index contributed by atoms with van der Waals surface area (Å²) in [6, 6.07) is 9.88. The van der Waals surface area contributed by atoms with Gasteiger partial charge >= 0.3 is 0 Å². The van der Waals surface area contributed by atoms with Crippen molar-refractivity contribution in [3.05, 3.63) is 72.8 Å². The lowest BCUT2D eigenvalue weighted by Gasteiger charge is -2.15. The highest BCUT2D eigenvalue weighted by molar-refractivity contribution is 5.97. The predicted molar refractivity (Wildman–Crippen MR) is 135 cm³/mol. The summed E-state index contributed by atoms with van der Waals surface area (Å²) in [5, 5.41) is 4.00. The largest absolute Gasteiger partial charge is 0.481 e. The van der Waals surface area contributed by atoms with Crippen LogP contribution in [0.1, 0.15) is 6.92 Å². The Morgan fingerprint density at radius 3 is 2.59 bits per heavy atom. The molecule has 8 heteroatoms. The number of aliphatic imine (C=N–C) groups is 1. The zero-order chi connectivity index (χ0) is 24.7. The molecule has 7 nitrogen and oxygen atoms in total. The number of hydrogen-bond acceptors (Lipinski definition) is 6. The molecule has 0 radical (unpaired) electrons. The Bertz CT molecular complexity index is 1250. The molecule has 3 rings (SSSR count). The maximum atomic E-state index is 13.5. The lowest BCUT2D eigenvalue weighted by molar-refractivity contribution is -0.130. The van der Waals surface area contributed by atoms with Crippen LogP contribution in [0.2, 0.25) is 0 Å². The number of carbonyl (C=O) groups excluding carboxylic acids is 1. The van der Waals surface area contributed by atoms with Crippen LogP contribution in [0.5, 0.6) is 5.75 Å². The molecule has 0 aliphatic heterocycles. The third-order valence-electron chi connectivity index (χ3n) is 5.13. The van der Waals surface area contributed by atoms with Crippen molar-refractivity contribution in [3.63, 3.8) is 0 Å². The van der Waals surface area contributed by atoms with Gasteiger partial charge in [0.25, 0.3) is 5.91 Å². The van der Waals surface area contributed by atoms with E-state index in [1.165, 1.54) is 23.4 Å². The molecule has 0 atom stereocenters. The standard InChI is InChI=1S/C26H28FN5O2/c1-17(6-7-18(2)28-3)14-29-26-22-12-20(19-8-10-21(27)11-9-19)13-23(25(22)30-16-31-26)34-15-24(33)32(4)5/h6-13,16H,1,14-15H2,2-5H3,(H,29,30,31)/b7-6-,28-18?. The van der Waals surface area contributed by atoms with Gasteiger partial charge in [-0.15, -0.1) is 0 Å². The van der Waals surface area contributed by atoms with Crippen molar-refractivity contribution in [2.75, 3.05) is 39.6 Å². The summed E-state index contributed by atoms with van der Waals surface area (Å²) in [5.41, 5.74) is 3.88. The van der Waals surface area contributed by atoms with Crippen LogP contribution < -0.4 is 10.1 Å². The molecule has 0 aliphatic rings. The van der Waals surface area contributed by atoms with E-state index in [4.69, 9.17) is 4.74 Å². The van der Waals surface area contributed by atoms with Gasteiger partial charge in [0.1, 0.15) is 29.2 Å². The SMILES string of the molecule is C=C(/C=C\C(C)=NC)CNc1ncnc2c(OCC(=O)N(C)C)cc(-c3ccc(F)cc3)cc12. The number of likely N-dealkylation sites (N-methyl/N-ethyl adjacent to an activating group) is 1. The number of rotatable bonds is 9. The number of allylic oxidation sites excluding steroid dienone is 1. The first-order chi connectivity index (χ1) is 16.3. The molecule has 3 aromatic rings. The molecule has 2 aromatic carbocycles. The Balaban J connectivity index is 1.99. The normalized spacial score (nSPS) is 11.6. The summed E-state index contributed by atoms with van der Waals surface area (Å²) in [6.07, 6.45) is 5.22. The summed E-state index contributed by atoms with van der Waals surface area (Å²) in [7, 11) is 5.06. The Kier molecular flexibility index (Phi) is 8.08. The Labute approximate surface area is 198 Å². The van der Waals surface area contributed by atoms with E-state index in [9.17, 15) is 9.18 Å². The van der Waals surface area contributed by atoms with Gasteiger partial charge in [0.15, 0.2) is 6.61 Å². The molecule has 34 heavy (non-hydrogen) atoms. The fraction of sp³-hybridized carbons (Fsp3) is 0.231. The minimum Gasteiger partial charge on any atom is -0.481 e. The number of benzene rings is 2. The van der Waals surface area contributed by atoms with Crippen molar-refractivity contribution in [3.8, 4) is 16.9 Å². The van der Waals surface area contributed by atoms with E-state index in [2.05, 4.69) is 26.9 Å². The number of ether oxygens (including phenoxy) is 1. The quantitative estimate of drug-likeness (QED) is 0.374. The summed E-state index contributed by atoms with van der Waals surface area (Å²) in [5.74, 6) is 0.527. The lowest BCUT2D eigenvalue weighted by atomic mass is 10.0. The molecule has 0 saturated carbocycles. The van der Waals surface area contributed by atoms with Gasteiger partial charge in [-0.2, -0.15) is 0 Å². The van der Waals surface area contributed by atoms with Gasteiger partial charge in [0, 0.05) is 38.8 Å². The number of anilines is 1. The van der Waals surface area contributed by atoms with Gasteiger partial charge in [0.05, 0.1) is 0 Å². The van der Waals surface area contributed by atoms with Crippen LogP contribution in [0, 0.1) is 5.82 Å². The monoisotopic (exact) mass is 461 g/mol. The van der Waals surface area contributed by atoms with E-state index in [1.54, 1.807) is 39.3 Å². The number of amides is 1. The van der Waals surface area contributed by atoms with Gasteiger partial charge in [0.2, 0.25) is 0 Å². The number of nitrogens with one attached hydrogen (secondary N) is 1. The summed E-state index contributed by atoms with van der Waals surface area (Å²) >= 11 is 0. The molecule has 0 aliphatic carbocycles. The predicted octanol–water partition coefficient (Wildman–Crippen LogP) is 4.52. The first kappa shape index (κ1) is 24.6. The molecule has 1 N–H and O–H groups in total. The zero-order valence-corrected chi connectivity index (χ0v) is 19.8. The van der Waals surface area contributed by atoms with Crippen LogP contribution in [0.25, 0.3) is 22.0 Å². The Morgan fingerprint density at radius 2 is 1.91 bits per heavy atom. The van der Waals surface area contributed by atoms with Crippen LogP contribution in [-0.4, -0.2) is 60.8 Å². The molecular formula is C26H28FN5O2. The minimum atomic E-state index is -0.321. The molecule has 1 amide bonds. The molecule has 1 aromatic heterocycles. The van der Waals surface area contributed by atoms with Crippen molar-refractivity contribution < 1.29 is 13.9 Å². The third-order valence-corrected chi connectivity index (χ3v) is 5.13. The third kappa shape index (κ3) is 6.25. The molecule has 176 valence electrons. The summed E-state index contributed by atoms with van der Waals surface area (Å²) < 4.78 is 19.3. The average molecular weight is 462 g/mol. The van der Waals surface area contributed by atoms with E-state index in [-0.39, 0.29) is 18.3 Å². The Morgan fingerprint density at radius 1 is 1.18 bits per heavy atom. The second-order valence-corrected chi connectivity index (χ2v) is 7.89. The first-order valence-electron chi connectivity index (χ1n) is 10.7. The summed E-state index contributed by atoms with van der Waals surface area (Å²) in [4.78, 5) is 26.5. The van der Waals surface area contributed by atoms with Crippen molar-refractivity contribution in [2.45, 2.75) is 6.92 Å². The first-order valence-corrected chi connectivity index (χ1v) is 10.7. The van der Waals surface area contributed by atoms with Gasteiger partial charge in [-0.05, 0) is 54.0 Å². The van der Waals surface area contributed by atoms with E-state index in [1.807, 2.05) is 25.1 Å². The molecule has 0 bridgehead atoms.